The van der Waals surface area contributed by atoms with Gasteiger partial charge < -0.3 is 10.0 Å². The molecule has 0 heterocycles. The van der Waals surface area contributed by atoms with Gasteiger partial charge in [-0.25, -0.2) is 0 Å². The summed E-state index contributed by atoms with van der Waals surface area (Å²) < 4.78 is 0. The molecule has 114 valence electrons. The maximum absolute atomic E-state index is 12.6. The van der Waals surface area contributed by atoms with Gasteiger partial charge in [0.2, 0.25) is 5.91 Å². The average molecular weight is 280 g/mol. The van der Waals surface area contributed by atoms with Crippen LogP contribution in [0.15, 0.2) is 0 Å². The van der Waals surface area contributed by atoms with Crippen LogP contribution in [0.5, 0.6) is 0 Å². The second-order valence-corrected chi connectivity index (χ2v) is 7.07. The number of nitrogens with zero attached hydrogens (tertiary/aromatic N) is 2. The van der Waals surface area contributed by atoms with E-state index >= 15 is 0 Å². The molecule has 0 radical (unpaired) electrons. The molecule has 4 nitrogen and oxygen atoms in total. The predicted octanol–water partition coefficient (Wildman–Crippen LogP) is 1.62. The van der Waals surface area contributed by atoms with Crippen LogP contribution in [0, 0.1) is 5.92 Å². The smallest absolute Gasteiger partial charge is 0.237 e. The fraction of sp³-hybridized carbons (Fsp3) is 0.938. The number of hydrogen-bond donors (Lipinski definition) is 1. The van der Waals surface area contributed by atoms with E-state index in [1.165, 1.54) is 38.5 Å². The van der Waals surface area contributed by atoms with E-state index in [1.54, 1.807) is 0 Å². The van der Waals surface area contributed by atoms with E-state index in [4.69, 9.17) is 0 Å². The molecule has 1 atom stereocenters. The van der Waals surface area contributed by atoms with Gasteiger partial charge in [-0.3, -0.25) is 9.69 Å². The van der Waals surface area contributed by atoms with Crippen LogP contribution in [0.4, 0.5) is 0 Å². The van der Waals surface area contributed by atoms with Gasteiger partial charge in [0.15, 0.2) is 0 Å². The summed E-state index contributed by atoms with van der Waals surface area (Å²) in [5.74, 6) is 0.770. The quantitative estimate of drug-likeness (QED) is 0.771. The second kappa shape index (κ2) is 6.02. The zero-order valence-corrected chi connectivity index (χ0v) is 12.6. The standard InChI is InChI=1S/C16H28N2O2/c1-17(10-15(19)12-6-7-12)11-16(20)18(14-8-9-14)13-4-2-3-5-13/h12-15,19H,2-11H2,1H3. The summed E-state index contributed by atoms with van der Waals surface area (Å²) in [6.45, 7) is 1.11. The Morgan fingerprint density at radius 1 is 1.10 bits per heavy atom. The molecule has 3 rings (SSSR count). The molecule has 20 heavy (non-hydrogen) atoms. The van der Waals surface area contributed by atoms with Gasteiger partial charge >= 0.3 is 0 Å². The molecule has 1 N–H and O–H groups in total. The van der Waals surface area contributed by atoms with Gasteiger partial charge in [-0.15, -0.1) is 0 Å². The number of likely N-dealkylation sites (N-methyl/N-ethyl adjacent to an activating group) is 1. The number of carbonyl (C=O) groups excluding carboxylic acids is 1. The Kier molecular flexibility index (Phi) is 4.32. The molecule has 1 unspecified atom stereocenters. The highest BCUT2D eigenvalue weighted by molar-refractivity contribution is 5.79. The van der Waals surface area contributed by atoms with Crippen LogP contribution < -0.4 is 0 Å². The molecule has 3 saturated carbocycles. The summed E-state index contributed by atoms with van der Waals surface area (Å²) in [5.41, 5.74) is 0. The lowest BCUT2D eigenvalue weighted by atomic mass is 10.2. The normalized spacial score (nSPS) is 25.1. The summed E-state index contributed by atoms with van der Waals surface area (Å²) in [6.07, 6.45) is 9.38. The molecular weight excluding hydrogens is 252 g/mol. The van der Waals surface area contributed by atoms with Gasteiger partial charge in [-0.05, 0) is 51.5 Å². The zero-order chi connectivity index (χ0) is 14.1. The summed E-state index contributed by atoms with van der Waals surface area (Å²) in [7, 11) is 1.96. The number of amides is 1. The van der Waals surface area contributed by atoms with Crippen molar-refractivity contribution < 1.29 is 9.90 Å². The first-order valence-corrected chi connectivity index (χ1v) is 8.33. The van der Waals surface area contributed by atoms with Crippen molar-refractivity contribution in [3.63, 3.8) is 0 Å². The monoisotopic (exact) mass is 280 g/mol. The summed E-state index contributed by atoms with van der Waals surface area (Å²) in [5, 5.41) is 9.98. The summed E-state index contributed by atoms with van der Waals surface area (Å²) in [6, 6.07) is 1.02. The highest BCUT2D eigenvalue weighted by Gasteiger charge is 2.38. The maximum atomic E-state index is 12.6. The lowest BCUT2D eigenvalue weighted by Crippen LogP contribution is -2.46. The van der Waals surface area contributed by atoms with Gasteiger partial charge in [0.25, 0.3) is 0 Å². The van der Waals surface area contributed by atoms with Crippen LogP contribution in [-0.4, -0.2) is 59.1 Å². The van der Waals surface area contributed by atoms with Crippen molar-refractivity contribution in [2.75, 3.05) is 20.1 Å². The van der Waals surface area contributed by atoms with Crippen molar-refractivity contribution >= 4 is 5.91 Å². The fourth-order valence-electron chi connectivity index (χ4n) is 3.57. The molecule has 3 fully saturated rings. The number of aliphatic hydroxyl groups excluding tert-OH is 1. The molecule has 0 aliphatic heterocycles. The van der Waals surface area contributed by atoms with Crippen LogP contribution >= 0.6 is 0 Å². The topological polar surface area (TPSA) is 43.8 Å². The van der Waals surface area contributed by atoms with E-state index in [2.05, 4.69) is 4.90 Å². The van der Waals surface area contributed by atoms with Crippen molar-refractivity contribution in [3.8, 4) is 0 Å². The number of hydrogen-bond acceptors (Lipinski definition) is 3. The third kappa shape index (κ3) is 3.53. The van der Waals surface area contributed by atoms with Gasteiger partial charge in [-0.1, -0.05) is 12.8 Å². The van der Waals surface area contributed by atoms with Gasteiger partial charge in [0, 0.05) is 18.6 Å². The van der Waals surface area contributed by atoms with Crippen LogP contribution in [0.1, 0.15) is 51.4 Å². The minimum absolute atomic E-state index is 0.242. The van der Waals surface area contributed by atoms with Crippen LogP contribution in [0.3, 0.4) is 0 Å². The van der Waals surface area contributed by atoms with E-state index < -0.39 is 0 Å². The Hall–Kier alpha value is -0.610. The molecule has 0 spiro atoms. The molecule has 4 heteroatoms. The minimum Gasteiger partial charge on any atom is -0.392 e. The molecule has 0 bridgehead atoms. The van der Waals surface area contributed by atoms with E-state index in [1.807, 2.05) is 11.9 Å². The molecular formula is C16H28N2O2. The minimum atomic E-state index is -0.242. The third-order valence-corrected chi connectivity index (χ3v) is 5.02. The van der Waals surface area contributed by atoms with E-state index in [9.17, 15) is 9.90 Å². The van der Waals surface area contributed by atoms with E-state index in [0.717, 1.165) is 12.8 Å². The van der Waals surface area contributed by atoms with Crippen molar-refractivity contribution in [2.24, 2.45) is 5.92 Å². The molecule has 0 saturated heterocycles. The lowest BCUT2D eigenvalue weighted by Gasteiger charge is -2.31. The van der Waals surface area contributed by atoms with E-state index in [-0.39, 0.29) is 12.0 Å². The van der Waals surface area contributed by atoms with Crippen molar-refractivity contribution in [1.29, 1.82) is 0 Å². The van der Waals surface area contributed by atoms with E-state index in [0.29, 0.717) is 31.1 Å². The number of aliphatic hydroxyl groups is 1. The Bertz CT molecular complexity index is 346. The first-order valence-electron chi connectivity index (χ1n) is 8.33. The molecule has 0 aromatic heterocycles. The molecule has 1 amide bonds. The maximum Gasteiger partial charge on any atom is 0.237 e. The number of rotatable bonds is 7. The molecule has 3 aliphatic rings. The Morgan fingerprint density at radius 3 is 2.25 bits per heavy atom. The Morgan fingerprint density at radius 2 is 1.70 bits per heavy atom. The first-order chi connectivity index (χ1) is 9.65. The van der Waals surface area contributed by atoms with Gasteiger partial charge in [0.05, 0.1) is 12.6 Å². The summed E-state index contributed by atoms with van der Waals surface area (Å²) in [4.78, 5) is 16.8. The molecule has 0 aromatic rings. The Balaban J connectivity index is 1.50. The van der Waals surface area contributed by atoms with Crippen molar-refractivity contribution in [3.05, 3.63) is 0 Å². The molecule has 0 aromatic carbocycles. The fourth-order valence-corrected chi connectivity index (χ4v) is 3.57. The lowest BCUT2D eigenvalue weighted by molar-refractivity contribution is -0.135. The van der Waals surface area contributed by atoms with Crippen LogP contribution in [-0.2, 0) is 4.79 Å². The zero-order valence-electron chi connectivity index (χ0n) is 12.6. The van der Waals surface area contributed by atoms with Crippen molar-refractivity contribution in [1.82, 2.24) is 9.80 Å². The van der Waals surface area contributed by atoms with Gasteiger partial charge in [-0.2, -0.15) is 0 Å². The largest absolute Gasteiger partial charge is 0.392 e. The number of carbonyl (C=O) groups is 1. The third-order valence-electron chi connectivity index (χ3n) is 5.02. The molecule has 3 aliphatic carbocycles. The SMILES string of the molecule is CN(CC(=O)N(C1CCCC1)C1CC1)CC(O)C1CC1. The highest BCUT2D eigenvalue weighted by Crippen LogP contribution is 2.35. The summed E-state index contributed by atoms with van der Waals surface area (Å²) >= 11 is 0. The Labute approximate surface area is 122 Å². The van der Waals surface area contributed by atoms with Gasteiger partial charge in [0.1, 0.15) is 0 Å². The highest BCUT2D eigenvalue weighted by atomic mass is 16.3. The average Bonchev–Trinajstić information content (AvgIpc) is 3.29. The first kappa shape index (κ1) is 14.3. The van der Waals surface area contributed by atoms with Crippen LogP contribution in [0.2, 0.25) is 0 Å². The predicted molar refractivity (Wildman–Crippen MR) is 78.4 cm³/mol. The van der Waals surface area contributed by atoms with Crippen LogP contribution in [0.25, 0.3) is 0 Å². The second-order valence-electron chi connectivity index (χ2n) is 7.07. The van der Waals surface area contributed by atoms with Crippen molar-refractivity contribution in [2.45, 2.75) is 69.6 Å².